The number of halogens is 3. The first kappa shape index (κ1) is 17.5. The van der Waals surface area contributed by atoms with Gasteiger partial charge >= 0.3 is 6.18 Å². The minimum atomic E-state index is -4.44. The number of pyridine rings is 1. The first-order valence-electron chi connectivity index (χ1n) is 7.47. The first-order valence-corrected chi connectivity index (χ1v) is 7.47. The molecule has 128 valence electrons. The molecular formula is C15H20F3N3O2. The molecule has 1 saturated heterocycles. The molecule has 0 aliphatic carbocycles. The van der Waals surface area contributed by atoms with Gasteiger partial charge in [0.15, 0.2) is 6.61 Å². The lowest BCUT2D eigenvalue weighted by Gasteiger charge is -2.29. The Hall–Kier alpha value is -1.83. The lowest BCUT2D eigenvalue weighted by molar-refractivity contribution is -0.154. The Balaban J connectivity index is 1.86. The lowest BCUT2D eigenvalue weighted by Crippen LogP contribution is -2.39. The van der Waals surface area contributed by atoms with Crippen molar-refractivity contribution in [3.63, 3.8) is 0 Å². The van der Waals surface area contributed by atoms with Crippen LogP contribution in [0.3, 0.4) is 0 Å². The number of nitrogens with zero attached hydrogens (tertiary/aromatic N) is 2. The molecule has 8 heteroatoms. The maximum Gasteiger partial charge on any atom is 0.422 e. The summed E-state index contributed by atoms with van der Waals surface area (Å²) < 4.78 is 40.9. The highest BCUT2D eigenvalue weighted by Crippen LogP contribution is 2.17. The Kier molecular flexibility index (Phi) is 5.81. The van der Waals surface area contributed by atoms with Crippen molar-refractivity contribution in [2.75, 3.05) is 33.3 Å². The number of hydrogen-bond donors (Lipinski definition) is 1. The first-order chi connectivity index (χ1) is 10.8. The van der Waals surface area contributed by atoms with Crippen molar-refractivity contribution < 1.29 is 22.7 Å². The van der Waals surface area contributed by atoms with E-state index in [1.165, 1.54) is 18.2 Å². The zero-order chi connectivity index (χ0) is 16.9. The molecule has 2 rings (SSSR count). The Morgan fingerprint density at radius 2 is 2.26 bits per heavy atom. The maximum absolute atomic E-state index is 12.1. The molecule has 0 radical (unpaired) electrons. The number of ether oxygens (including phenoxy) is 1. The van der Waals surface area contributed by atoms with Crippen LogP contribution < -0.4 is 10.1 Å². The van der Waals surface area contributed by atoms with E-state index < -0.39 is 18.7 Å². The molecule has 1 fully saturated rings. The summed E-state index contributed by atoms with van der Waals surface area (Å²) >= 11 is 0. The highest BCUT2D eigenvalue weighted by molar-refractivity contribution is 5.92. The number of amides is 1. The number of aromatic nitrogens is 1. The number of piperidine rings is 1. The molecule has 2 heterocycles. The normalized spacial score (nSPS) is 19.4. The molecule has 1 amide bonds. The lowest BCUT2D eigenvalue weighted by atomic mass is 9.98. The monoisotopic (exact) mass is 331 g/mol. The minimum absolute atomic E-state index is 0.0499. The fraction of sp³-hybridized carbons (Fsp3) is 0.600. The molecule has 0 spiro atoms. The van der Waals surface area contributed by atoms with Gasteiger partial charge in [-0.15, -0.1) is 0 Å². The molecule has 1 aliphatic heterocycles. The van der Waals surface area contributed by atoms with Crippen molar-refractivity contribution in [2.24, 2.45) is 5.92 Å². The van der Waals surface area contributed by atoms with Crippen LogP contribution in [-0.4, -0.2) is 55.3 Å². The van der Waals surface area contributed by atoms with E-state index in [0.29, 0.717) is 12.5 Å². The molecule has 1 aromatic rings. The van der Waals surface area contributed by atoms with E-state index in [-0.39, 0.29) is 11.6 Å². The van der Waals surface area contributed by atoms with Gasteiger partial charge in [-0.25, -0.2) is 4.98 Å². The zero-order valence-electron chi connectivity index (χ0n) is 12.9. The van der Waals surface area contributed by atoms with Crippen molar-refractivity contribution in [2.45, 2.75) is 19.0 Å². The molecule has 0 bridgehead atoms. The van der Waals surface area contributed by atoms with Crippen molar-refractivity contribution in [3.8, 4) is 5.88 Å². The van der Waals surface area contributed by atoms with E-state index >= 15 is 0 Å². The average molecular weight is 331 g/mol. The Bertz CT molecular complexity index is 537. The van der Waals surface area contributed by atoms with Gasteiger partial charge in [0.25, 0.3) is 5.91 Å². The van der Waals surface area contributed by atoms with Crippen LogP contribution >= 0.6 is 0 Å². The molecule has 0 unspecified atom stereocenters. The smallest absolute Gasteiger partial charge is 0.422 e. The van der Waals surface area contributed by atoms with Crippen LogP contribution in [0.15, 0.2) is 18.2 Å². The molecule has 5 nitrogen and oxygen atoms in total. The molecular weight excluding hydrogens is 311 g/mol. The minimum Gasteiger partial charge on any atom is -0.468 e. The second-order valence-electron chi connectivity index (χ2n) is 5.75. The molecule has 23 heavy (non-hydrogen) atoms. The van der Waals surface area contributed by atoms with Crippen LogP contribution in [0, 0.1) is 5.92 Å². The number of rotatable bonds is 5. The van der Waals surface area contributed by atoms with Gasteiger partial charge in [-0.2, -0.15) is 13.2 Å². The summed E-state index contributed by atoms with van der Waals surface area (Å²) in [6, 6.07) is 4.18. The van der Waals surface area contributed by atoms with Gasteiger partial charge in [0.05, 0.1) is 0 Å². The van der Waals surface area contributed by atoms with Crippen LogP contribution in [0.1, 0.15) is 23.3 Å². The molecule has 1 aromatic heterocycles. The molecule has 1 aliphatic rings. The second-order valence-corrected chi connectivity index (χ2v) is 5.75. The summed E-state index contributed by atoms with van der Waals surface area (Å²) in [6.07, 6.45) is -2.30. The highest BCUT2D eigenvalue weighted by atomic mass is 19.4. The Morgan fingerprint density at radius 3 is 2.96 bits per heavy atom. The predicted octanol–water partition coefficient (Wildman–Crippen LogP) is 2.09. The number of alkyl halides is 3. The number of hydrogen-bond acceptors (Lipinski definition) is 4. The SMILES string of the molecule is CN1CCC[C@@H](CNC(=O)c2cccc(OCC(F)(F)F)n2)C1. The highest BCUT2D eigenvalue weighted by Gasteiger charge is 2.28. The zero-order valence-corrected chi connectivity index (χ0v) is 12.9. The number of nitrogens with one attached hydrogen (secondary N) is 1. The third-order valence-electron chi connectivity index (χ3n) is 3.61. The van der Waals surface area contributed by atoms with Crippen molar-refractivity contribution >= 4 is 5.91 Å². The van der Waals surface area contributed by atoms with E-state index in [9.17, 15) is 18.0 Å². The van der Waals surface area contributed by atoms with Gasteiger partial charge in [0, 0.05) is 19.2 Å². The summed E-state index contributed by atoms with van der Waals surface area (Å²) in [4.78, 5) is 18.1. The van der Waals surface area contributed by atoms with Gasteiger partial charge in [-0.05, 0) is 38.4 Å². The molecule has 1 N–H and O–H groups in total. The van der Waals surface area contributed by atoms with Gasteiger partial charge in [-0.3, -0.25) is 4.79 Å². The Labute approximate surface area is 132 Å². The predicted molar refractivity (Wildman–Crippen MR) is 78.3 cm³/mol. The molecule has 1 atom stereocenters. The van der Waals surface area contributed by atoms with Gasteiger partial charge in [0.1, 0.15) is 5.69 Å². The summed E-state index contributed by atoms with van der Waals surface area (Å²) in [7, 11) is 2.04. The van der Waals surface area contributed by atoms with Crippen LogP contribution in [0.4, 0.5) is 13.2 Å². The summed E-state index contributed by atoms with van der Waals surface area (Å²) in [5.41, 5.74) is 0.0499. The van der Waals surface area contributed by atoms with Gasteiger partial charge < -0.3 is 15.0 Å². The third kappa shape index (κ3) is 6.05. The van der Waals surface area contributed by atoms with E-state index in [1.807, 2.05) is 7.05 Å². The van der Waals surface area contributed by atoms with E-state index in [1.54, 1.807) is 0 Å². The quantitative estimate of drug-likeness (QED) is 0.898. The van der Waals surface area contributed by atoms with Gasteiger partial charge in [0.2, 0.25) is 5.88 Å². The van der Waals surface area contributed by atoms with E-state index in [4.69, 9.17) is 0 Å². The Morgan fingerprint density at radius 1 is 1.48 bits per heavy atom. The van der Waals surface area contributed by atoms with Crippen molar-refractivity contribution in [1.82, 2.24) is 15.2 Å². The number of likely N-dealkylation sites (tertiary alicyclic amines) is 1. The average Bonchev–Trinajstić information content (AvgIpc) is 2.50. The fourth-order valence-electron chi connectivity index (χ4n) is 2.54. The number of carbonyl (C=O) groups is 1. The van der Waals surface area contributed by atoms with Crippen molar-refractivity contribution in [1.29, 1.82) is 0 Å². The third-order valence-corrected chi connectivity index (χ3v) is 3.61. The fourth-order valence-corrected chi connectivity index (χ4v) is 2.54. The standard InChI is InChI=1S/C15H20F3N3O2/c1-21-7-3-4-11(9-21)8-19-14(22)12-5-2-6-13(20-12)23-10-15(16,17)18/h2,5-6,11H,3-4,7-10H2,1H3,(H,19,22)/t11-/m0/s1. The second kappa shape index (κ2) is 7.63. The van der Waals surface area contributed by atoms with Crippen LogP contribution in [0.2, 0.25) is 0 Å². The van der Waals surface area contributed by atoms with Crippen LogP contribution in [0.25, 0.3) is 0 Å². The maximum atomic E-state index is 12.1. The topological polar surface area (TPSA) is 54.5 Å². The summed E-state index contributed by atoms with van der Waals surface area (Å²) in [5, 5.41) is 2.78. The summed E-state index contributed by atoms with van der Waals surface area (Å²) in [5.74, 6) is -0.245. The molecule has 0 saturated carbocycles. The summed E-state index contributed by atoms with van der Waals surface area (Å²) in [6.45, 7) is 1.07. The van der Waals surface area contributed by atoms with Crippen molar-refractivity contribution in [3.05, 3.63) is 23.9 Å². The van der Waals surface area contributed by atoms with E-state index in [2.05, 4.69) is 19.9 Å². The number of carbonyl (C=O) groups excluding carboxylic acids is 1. The van der Waals surface area contributed by atoms with E-state index in [0.717, 1.165) is 25.9 Å². The molecule has 0 aromatic carbocycles. The van der Waals surface area contributed by atoms with Crippen LogP contribution in [0.5, 0.6) is 5.88 Å². The van der Waals surface area contributed by atoms with Crippen LogP contribution in [-0.2, 0) is 0 Å². The largest absolute Gasteiger partial charge is 0.468 e. The van der Waals surface area contributed by atoms with Gasteiger partial charge in [-0.1, -0.05) is 6.07 Å².